The molecular weight excluding hydrogens is 363 g/mol. The molecule has 0 amide bonds. The van der Waals surface area contributed by atoms with E-state index in [2.05, 4.69) is 16.8 Å². The van der Waals surface area contributed by atoms with Crippen LogP contribution in [0.4, 0.5) is 0 Å². The Balaban J connectivity index is 2.26. The van der Waals surface area contributed by atoms with Crippen LogP contribution in [0.25, 0.3) is 0 Å². The van der Waals surface area contributed by atoms with E-state index in [0.717, 1.165) is 50.5 Å². The van der Waals surface area contributed by atoms with Crippen molar-refractivity contribution in [3.8, 4) is 0 Å². The lowest BCUT2D eigenvalue weighted by Crippen LogP contribution is -2.45. The van der Waals surface area contributed by atoms with Gasteiger partial charge in [-0.2, -0.15) is 0 Å². The number of piperazine rings is 1. The summed E-state index contributed by atoms with van der Waals surface area (Å²) >= 11 is 0.795. The normalized spacial score (nSPS) is 19.8. The minimum Gasteiger partial charge on any atom is -0.464 e. The Morgan fingerprint density at radius 3 is 2.44 bits per heavy atom. The SMILES string of the molecule is CC(C)OP(=O)(O)SCCOC(=O)C(C)(C)CCN1CCN(C)CC1. The number of rotatable bonds is 10. The lowest BCUT2D eigenvalue weighted by Gasteiger charge is -2.34. The van der Waals surface area contributed by atoms with E-state index >= 15 is 0 Å². The first-order valence-corrected chi connectivity index (χ1v) is 11.9. The van der Waals surface area contributed by atoms with Gasteiger partial charge in [0.1, 0.15) is 6.61 Å². The third kappa shape index (κ3) is 9.40. The molecule has 148 valence electrons. The summed E-state index contributed by atoms with van der Waals surface area (Å²) in [5.41, 5.74) is -0.564. The first kappa shape index (κ1) is 22.9. The smallest absolute Gasteiger partial charge is 0.386 e. The Morgan fingerprint density at radius 1 is 1.28 bits per heavy atom. The van der Waals surface area contributed by atoms with Gasteiger partial charge >= 0.3 is 12.8 Å². The van der Waals surface area contributed by atoms with Crippen molar-refractivity contribution in [3.05, 3.63) is 0 Å². The number of ether oxygens (including phenoxy) is 1. The van der Waals surface area contributed by atoms with Gasteiger partial charge in [0.2, 0.25) is 0 Å². The molecular formula is C16H33N2O5PS. The van der Waals surface area contributed by atoms with Gasteiger partial charge in [0.15, 0.2) is 0 Å². The summed E-state index contributed by atoms with van der Waals surface area (Å²) in [6.45, 7) is 8.65. The second-order valence-corrected chi connectivity index (χ2v) is 11.3. The van der Waals surface area contributed by atoms with Gasteiger partial charge in [0.25, 0.3) is 0 Å². The molecule has 1 fully saturated rings. The number of hydrogen-bond acceptors (Lipinski definition) is 7. The zero-order valence-electron chi connectivity index (χ0n) is 16.1. The van der Waals surface area contributed by atoms with Crippen LogP contribution in [0.5, 0.6) is 0 Å². The van der Waals surface area contributed by atoms with E-state index in [4.69, 9.17) is 9.26 Å². The summed E-state index contributed by atoms with van der Waals surface area (Å²) < 4.78 is 22.0. The fraction of sp³-hybridized carbons (Fsp3) is 0.938. The Labute approximate surface area is 155 Å². The largest absolute Gasteiger partial charge is 0.464 e. The monoisotopic (exact) mass is 396 g/mol. The molecule has 0 spiro atoms. The van der Waals surface area contributed by atoms with E-state index in [1.54, 1.807) is 13.8 Å². The molecule has 0 aromatic heterocycles. The summed E-state index contributed by atoms with van der Waals surface area (Å²) in [7, 11) is 2.12. The van der Waals surface area contributed by atoms with Crippen LogP contribution in [0.2, 0.25) is 0 Å². The maximum Gasteiger partial charge on any atom is 0.386 e. The average molecular weight is 396 g/mol. The third-order valence-corrected chi connectivity index (χ3v) is 7.26. The molecule has 1 atom stereocenters. The molecule has 1 saturated heterocycles. The molecule has 1 N–H and O–H groups in total. The molecule has 1 rings (SSSR count). The Kier molecular flexibility index (Phi) is 9.43. The molecule has 1 heterocycles. The first-order chi connectivity index (χ1) is 11.5. The van der Waals surface area contributed by atoms with Crippen molar-refractivity contribution in [2.24, 2.45) is 5.41 Å². The summed E-state index contributed by atoms with van der Waals surface area (Å²) in [5, 5.41) is 0. The summed E-state index contributed by atoms with van der Waals surface area (Å²) in [4.78, 5) is 26.5. The van der Waals surface area contributed by atoms with Gasteiger partial charge in [-0.15, -0.1) is 0 Å². The number of nitrogens with zero attached hydrogens (tertiary/aromatic N) is 2. The van der Waals surface area contributed by atoms with Crippen LogP contribution in [0.3, 0.4) is 0 Å². The van der Waals surface area contributed by atoms with Crippen LogP contribution in [0.1, 0.15) is 34.1 Å². The van der Waals surface area contributed by atoms with E-state index in [1.165, 1.54) is 0 Å². The molecule has 1 unspecified atom stereocenters. The van der Waals surface area contributed by atoms with Crippen molar-refractivity contribution >= 4 is 24.1 Å². The number of esters is 1. The molecule has 9 heteroatoms. The van der Waals surface area contributed by atoms with Crippen LogP contribution in [0.15, 0.2) is 0 Å². The number of carbonyl (C=O) groups is 1. The van der Waals surface area contributed by atoms with Gasteiger partial charge in [-0.1, -0.05) is 0 Å². The van der Waals surface area contributed by atoms with Gasteiger partial charge in [0.05, 0.1) is 11.5 Å². The van der Waals surface area contributed by atoms with E-state index in [9.17, 15) is 14.3 Å². The highest BCUT2D eigenvalue weighted by Gasteiger charge is 2.30. The molecule has 0 aromatic carbocycles. The van der Waals surface area contributed by atoms with E-state index < -0.39 is 12.2 Å². The molecule has 0 radical (unpaired) electrons. The second kappa shape index (κ2) is 10.3. The van der Waals surface area contributed by atoms with Gasteiger partial charge in [-0.25, -0.2) is 4.57 Å². The molecule has 1 aliphatic heterocycles. The van der Waals surface area contributed by atoms with E-state index in [0.29, 0.717) is 0 Å². The molecule has 0 bridgehead atoms. The molecule has 0 saturated carbocycles. The Bertz CT molecular complexity index is 467. The van der Waals surface area contributed by atoms with Crippen LogP contribution in [-0.4, -0.2) is 78.9 Å². The standard InChI is InChI=1S/C16H33N2O5PS/c1-14(2)23-24(20,21)25-13-12-22-15(19)16(3,4)6-7-18-10-8-17(5)9-11-18/h14H,6-13H2,1-5H3,(H,20,21). The minimum atomic E-state index is -3.67. The highest BCUT2D eigenvalue weighted by molar-refractivity contribution is 8.54. The van der Waals surface area contributed by atoms with E-state index in [-0.39, 0.29) is 24.4 Å². The van der Waals surface area contributed by atoms with Gasteiger partial charge in [-0.05, 0) is 59.1 Å². The molecule has 0 aromatic rings. The maximum atomic E-state index is 12.3. The predicted molar refractivity (Wildman–Crippen MR) is 102 cm³/mol. The van der Waals surface area contributed by atoms with Crippen LogP contribution in [0, 0.1) is 5.41 Å². The fourth-order valence-electron chi connectivity index (χ4n) is 2.39. The molecule has 25 heavy (non-hydrogen) atoms. The summed E-state index contributed by atoms with van der Waals surface area (Å²) in [6.07, 6.45) is 0.414. The van der Waals surface area contributed by atoms with Gasteiger partial charge in [-0.3, -0.25) is 9.32 Å². The maximum absolute atomic E-state index is 12.3. The first-order valence-electron chi connectivity index (χ1n) is 8.76. The molecule has 1 aliphatic rings. The Hall–Kier alpha value is -0.110. The third-order valence-electron chi connectivity index (χ3n) is 4.12. The average Bonchev–Trinajstić information content (AvgIpc) is 2.49. The van der Waals surface area contributed by atoms with Gasteiger partial charge < -0.3 is 19.4 Å². The van der Waals surface area contributed by atoms with Crippen molar-refractivity contribution in [2.75, 3.05) is 52.1 Å². The molecule has 0 aliphatic carbocycles. The van der Waals surface area contributed by atoms with Crippen molar-refractivity contribution < 1.29 is 23.5 Å². The van der Waals surface area contributed by atoms with Gasteiger partial charge in [0, 0.05) is 31.9 Å². The number of likely N-dealkylation sites (N-methyl/N-ethyl adjacent to an activating group) is 1. The van der Waals surface area contributed by atoms with Crippen molar-refractivity contribution in [1.82, 2.24) is 9.80 Å². The van der Waals surface area contributed by atoms with Crippen molar-refractivity contribution in [3.63, 3.8) is 0 Å². The fourth-order valence-corrected chi connectivity index (χ4v) is 4.99. The minimum absolute atomic E-state index is 0.105. The van der Waals surface area contributed by atoms with Crippen LogP contribution < -0.4 is 0 Å². The summed E-state index contributed by atoms with van der Waals surface area (Å²) in [6, 6.07) is 0. The van der Waals surface area contributed by atoms with Crippen LogP contribution >= 0.6 is 18.2 Å². The van der Waals surface area contributed by atoms with Crippen LogP contribution in [-0.2, 0) is 18.6 Å². The second-order valence-electron chi connectivity index (χ2n) is 7.37. The molecule has 7 nitrogen and oxygen atoms in total. The highest BCUT2D eigenvalue weighted by Crippen LogP contribution is 2.56. The van der Waals surface area contributed by atoms with Crippen molar-refractivity contribution in [1.29, 1.82) is 0 Å². The lowest BCUT2D eigenvalue weighted by molar-refractivity contribution is -0.153. The zero-order valence-corrected chi connectivity index (χ0v) is 17.8. The number of carbonyl (C=O) groups excluding carboxylic acids is 1. The number of hydrogen-bond donors (Lipinski definition) is 1. The quantitative estimate of drug-likeness (QED) is 0.343. The predicted octanol–water partition coefficient (Wildman–Crippen LogP) is 2.45. The topological polar surface area (TPSA) is 79.3 Å². The lowest BCUT2D eigenvalue weighted by atomic mass is 9.89. The van der Waals surface area contributed by atoms with E-state index in [1.807, 2.05) is 13.8 Å². The Morgan fingerprint density at radius 2 is 1.88 bits per heavy atom. The summed E-state index contributed by atoms with van der Waals surface area (Å²) in [5.74, 6) is -0.0272. The van der Waals surface area contributed by atoms with Crippen molar-refractivity contribution in [2.45, 2.75) is 40.2 Å². The highest BCUT2D eigenvalue weighted by atomic mass is 32.7. The zero-order chi connectivity index (χ0) is 19.1.